The predicted molar refractivity (Wildman–Crippen MR) is 139 cm³/mol. The SMILES string of the molecule is COc1ccc(OC)c(-c2nc3sc(C)cn3c2CN2CCN(C(=O)c3ccccc3Cl)CC2)c1. The van der Waals surface area contributed by atoms with Crippen molar-refractivity contribution in [2.45, 2.75) is 13.5 Å². The maximum absolute atomic E-state index is 13.0. The first kappa shape index (κ1) is 23.7. The summed E-state index contributed by atoms with van der Waals surface area (Å²) in [6.07, 6.45) is 2.13. The smallest absolute Gasteiger partial charge is 0.255 e. The minimum absolute atomic E-state index is 0.0164. The zero-order valence-electron chi connectivity index (χ0n) is 20.0. The Morgan fingerprint density at radius 1 is 1.09 bits per heavy atom. The molecule has 35 heavy (non-hydrogen) atoms. The maximum atomic E-state index is 13.0. The number of rotatable bonds is 6. The van der Waals surface area contributed by atoms with Crippen LogP contribution in [0.4, 0.5) is 0 Å². The highest BCUT2D eigenvalue weighted by Crippen LogP contribution is 2.37. The van der Waals surface area contributed by atoms with Gasteiger partial charge in [0.25, 0.3) is 5.91 Å². The van der Waals surface area contributed by atoms with Crippen LogP contribution >= 0.6 is 22.9 Å². The van der Waals surface area contributed by atoms with Crippen LogP contribution in [0, 0.1) is 6.92 Å². The van der Waals surface area contributed by atoms with Crippen molar-refractivity contribution in [1.82, 2.24) is 19.2 Å². The zero-order chi connectivity index (χ0) is 24.5. The molecule has 9 heteroatoms. The van der Waals surface area contributed by atoms with E-state index < -0.39 is 0 Å². The van der Waals surface area contributed by atoms with E-state index in [1.54, 1.807) is 37.7 Å². The molecule has 1 aliphatic rings. The van der Waals surface area contributed by atoms with Gasteiger partial charge < -0.3 is 14.4 Å². The maximum Gasteiger partial charge on any atom is 0.255 e. The third-order valence-electron chi connectivity index (χ3n) is 6.34. The van der Waals surface area contributed by atoms with Crippen molar-refractivity contribution in [2.75, 3.05) is 40.4 Å². The fourth-order valence-corrected chi connectivity index (χ4v) is 5.55. The number of benzene rings is 2. The summed E-state index contributed by atoms with van der Waals surface area (Å²) in [4.78, 5) is 24.4. The number of ether oxygens (including phenoxy) is 2. The van der Waals surface area contributed by atoms with Crippen molar-refractivity contribution < 1.29 is 14.3 Å². The second-order valence-corrected chi connectivity index (χ2v) is 10.1. The number of amides is 1. The number of fused-ring (bicyclic) bond motifs is 1. The van der Waals surface area contributed by atoms with E-state index in [9.17, 15) is 4.79 Å². The van der Waals surface area contributed by atoms with E-state index in [1.165, 1.54) is 4.88 Å². The zero-order valence-corrected chi connectivity index (χ0v) is 21.5. The van der Waals surface area contributed by atoms with Gasteiger partial charge in [0.1, 0.15) is 11.5 Å². The van der Waals surface area contributed by atoms with E-state index in [0.29, 0.717) is 30.2 Å². The highest BCUT2D eigenvalue weighted by Gasteiger charge is 2.26. The van der Waals surface area contributed by atoms with Gasteiger partial charge >= 0.3 is 0 Å². The summed E-state index contributed by atoms with van der Waals surface area (Å²) >= 11 is 7.92. The van der Waals surface area contributed by atoms with Crippen LogP contribution < -0.4 is 9.47 Å². The molecule has 5 rings (SSSR count). The van der Waals surface area contributed by atoms with Gasteiger partial charge in [-0.15, -0.1) is 11.3 Å². The molecular formula is C26H27ClN4O3S. The number of aryl methyl sites for hydroxylation is 1. The number of halogens is 1. The molecule has 1 amide bonds. The number of piperazine rings is 1. The first-order chi connectivity index (χ1) is 17.0. The standard InChI is InChI=1S/C26H27ClN4O3S/c1-17-15-31-22(24(28-26(31)35-17)20-14-18(33-2)8-9-23(20)34-3)16-29-10-12-30(13-11-29)25(32)19-6-4-5-7-21(19)27/h4-9,14-15H,10-13,16H2,1-3H3. The summed E-state index contributed by atoms with van der Waals surface area (Å²) in [5.41, 5.74) is 3.45. The third kappa shape index (κ3) is 4.61. The Morgan fingerprint density at radius 3 is 2.57 bits per heavy atom. The Labute approximate surface area is 213 Å². The average molecular weight is 511 g/mol. The van der Waals surface area contributed by atoms with E-state index in [-0.39, 0.29) is 5.91 Å². The average Bonchev–Trinajstić information content (AvgIpc) is 3.40. The molecule has 182 valence electrons. The molecule has 1 aliphatic heterocycles. The van der Waals surface area contributed by atoms with Gasteiger partial charge in [0, 0.05) is 49.4 Å². The quantitative estimate of drug-likeness (QED) is 0.365. The lowest BCUT2D eigenvalue weighted by atomic mass is 10.1. The Hall–Kier alpha value is -3.07. The predicted octanol–water partition coefficient (Wildman–Crippen LogP) is 5.00. The summed E-state index contributed by atoms with van der Waals surface area (Å²) < 4.78 is 13.3. The van der Waals surface area contributed by atoms with Gasteiger partial charge in [-0.25, -0.2) is 4.98 Å². The molecule has 0 saturated carbocycles. The molecule has 0 bridgehead atoms. The van der Waals surface area contributed by atoms with Crippen LogP contribution in [0.1, 0.15) is 20.9 Å². The number of hydrogen-bond donors (Lipinski definition) is 0. The Morgan fingerprint density at radius 2 is 1.86 bits per heavy atom. The molecule has 0 unspecified atom stereocenters. The highest BCUT2D eigenvalue weighted by atomic mass is 35.5. The molecule has 2 aromatic carbocycles. The van der Waals surface area contributed by atoms with Crippen LogP contribution in [0.3, 0.4) is 0 Å². The molecule has 3 heterocycles. The number of aromatic nitrogens is 2. The largest absolute Gasteiger partial charge is 0.497 e. The molecule has 0 aliphatic carbocycles. The van der Waals surface area contributed by atoms with Gasteiger partial charge in [0.15, 0.2) is 4.96 Å². The first-order valence-corrected chi connectivity index (χ1v) is 12.6. The van der Waals surface area contributed by atoms with Gasteiger partial charge in [0.2, 0.25) is 0 Å². The molecular weight excluding hydrogens is 484 g/mol. The molecule has 7 nitrogen and oxygen atoms in total. The Kier molecular flexibility index (Phi) is 6.69. The lowest BCUT2D eigenvalue weighted by Crippen LogP contribution is -2.48. The normalized spacial score (nSPS) is 14.5. The topological polar surface area (TPSA) is 59.3 Å². The molecule has 4 aromatic rings. The minimum atomic E-state index is -0.0164. The molecule has 0 spiro atoms. The van der Waals surface area contributed by atoms with E-state index >= 15 is 0 Å². The van der Waals surface area contributed by atoms with Crippen molar-refractivity contribution in [3.63, 3.8) is 0 Å². The summed E-state index contributed by atoms with van der Waals surface area (Å²) in [5, 5.41) is 0.492. The van der Waals surface area contributed by atoms with Crippen LogP contribution in [-0.2, 0) is 6.54 Å². The number of nitrogens with zero attached hydrogens (tertiary/aromatic N) is 4. The fraction of sp³-hybridized carbons (Fsp3) is 0.308. The van der Waals surface area contributed by atoms with Crippen LogP contribution in [0.2, 0.25) is 5.02 Å². The Balaban J connectivity index is 1.41. The van der Waals surface area contributed by atoms with E-state index in [0.717, 1.165) is 46.5 Å². The molecule has 1 fully saturated rings. The first-order valence-electron chi connectivity index (χ1n) is 11.4. The van der Waals surface area contributed by atoms with Crippen molar-refractivity contribution in [3.8, 4) is 22.8 Å². The van der Waals surface area contributed by atoms with Crippen LogP contribution in [0.25, 0.3) is 16.2 Å². The van der Waals surface area contributed by atoms with E-state index in [1.807, 2.05) is 35.2 Å². The van der Waals surface area contributed by atoms with Crippen molar-refractivity contribution in [1.29, 1.82) is 0 Å². The van der Waals surface area contributed by atoms with Crippen molar-refractivity contribution in [3.05, 3.63) is 69.8 Å². The number of carbonyl (C=O) groups is 1. The van der Waals surface area contributed by atoms with Gasteiger partial charge in [-0.1, -0.05) is 23.7 Å². The van der Waals surface area contributed by atoms with Gasteiger partial charge in [-0.05, 0) is 37.3 Å². The molecule has 0 radical (unpaired) electrons. The molecule has 1 saturated heterocycles. The van der Waals surface area contributed by atoms with Crippen molar-refractivity contribution >= 4 is 33.8 Å². The summed E-state index contributed by atoms with van der Waals surface area (Å²) in [5.74, 6) is 1.49. The number of carbonyl (C=O) groups excluding carboxylic acids is 1. The Bertz CT molecular complexity index is 1370. The van der Waals surface area contributed by atoms with Gasteiger partial charge in [-0.3, -0.25) is 14.1 Å². The lowest BCUT2D eigenvalue weighted by Gasteiger charge is -2.35. The summed E-state index contributed by atoms with van der Waals surface area (Å²) in [6, 6.07) is 13.0. The summed E-state index contributed by atoms with van der Waals surface area (Å²) in [6.45, 7) is 5.62. The van der Waals surface area contributed by atoms with E-state index in [4.69, 9.17) is 26.1 Å². The molecule has 0 atom stereocenters. The minimum Gasteiger partial charge on any atom is -0.497 e. The number of thiazole rings is 1. The third-order valence-corrected chi connectivity index (χ3v) is 7.57. The van der Waals surface area contributed by atoms with Crippen LogP contribution in [0.5, 0.6) is 11.5 Å². The van der Waals surface area contributed by atoms with Crippen LogP contribution in [0.15, 0.2) is 48.7 Å². The van der Waals surface area contributed by atoms with Gasteiger partial charge in [-0.2, -0.15) is 0 Å². The number of methoxy groups -OCH3 is 2. The fourth-order valence-electron chi connectivity index (χ4n) is 4.49. The molecule has 2 aromatic heterocycles. The lowest BCUT2D eigenvalue weighted by molar-refractivity contribution is 0.0627. The second-order valence-electron chi connectivity index (χ2n) is 8.52. The monoisotopic (exact) mass is 510 g/mol. The van der Waals surface area contributed by atoms with E-state index in [2.05, 4.69) is 22.4 Å². The number of hydrogen-bond acceptors (Lipinski definition) is 6. The second kappa shape index (κ2) is 9.89. The molecule has 0 N–H and O–H groups in total. The number of imidazole rings is 1. The van der Waals surface area contributed by atoms with Crippen LogP contribution in [-0.4, -0.2) is 65.5 Å². The van der Waals surface area contributed by atoms with Crippen molar-refractivity contribution in [2.24, 2.45) is 0 Å². The highest BCUT2D eigenvalue weighted by molar-refractivity contribution is 7.17. The van der Waals surface area contributed by atoms with Gasteiger partial charge in [0.05, 0.1) is 36.2 Å². The summed E-state index contributed by atoms with van der Waals surface area (Å²) in [7, 11) is 3.33.